The first-order valence-electron chi connectivity index (χ1n) is 7.13. The summed E-state index contributed by atoms with van der Waals surface area (Å²) in [6, 6.07) is 0. The van der Waals surface area contributed by atoms with Gasteiger partial charge in [0.15, 0.2) is 0 Å². The highest BCUT2D eigenvalue weighted by molar-refractivity contribution is 5.91. The second-order valence-electron chi connectivity index (χ2n) is 6.84. The predicted molar refractivity (Wildman–Crippen MR) is 69.2 cm³/mol. The Bertz CT molecular complexity index is 441. The summed E-state index contributed by atoms with van der Waals surface area (Å²) in [6.07, 6.45) is 1.88. The van der Waals surface area contributed by atoms with Crippen molar-refractivity contribution in [2.24, 2.45) is 23.2 Å². The molecule has 19 heavy (non-hydrogen) atoms. The van der Waals surface area contributed by atoms with Gasteiger partial charge in [0.25, 0.3) is 0 Å². The van der Waals surface area contributed by atoms with Gasteiger partial charge >= 0.3 is 5.97 Å². The molecule has 0 radical (unpaired) electrons. The van der Waals surface area contributed by atoms with Crippen LogP contribution >= 0.6 is 0 Å². The Balaban J connectivity index is 1.92. The van der Waals surface area contributed by atoms with Crippen LogP contribution in [0.1, 0.15) is 33.1 Å². The standard InChI is InChI=1S/C15H22O4/c1-8-3-11-10(6-19-14(11)18)4-9-5-15(2,7-16)13(17)12(8)9/h8-9,12-13,16-17H,3-7H2,1-2H3. The van der Waals surface area contributed by atoms with E-state index in [2.05, 4.69) is 6.92 Å². The summed E-state index contributed by atoms with van der Waals surface area (Å²) in [5, 5.41) is 20.2. The number of carbonyl (C=O) groups is 1. The number of rotatable bonds is 1. The molecule has 4 heteroatoms. The van der Waals surface area contributed by atoms with Gasteiger partial charge in [0, 0.05) is 11.0 Å². The van der Waals surface area contributed by atoms with E-state index in [0.29, 0.717) is 18.9 Å². The number of carbonyl (C=O) groups excluding carboxylic acids is 1. The zero-order valence-corrected chi connectivity index (χ0v) is 11.6. The molecule has 5 unspecified atom stereocenters. The highest BCUT2D eigenvalue weighted by Crippen LogP contribution is 2.53. The Kier molecular flexibility index (Phi) is 2.98. The molecule has 106 valence electrons. The number of esters is 1. The Labute approximate surface area is 113 Å². The maximum absolute atomic E-state index is 11.7. The number of hydrogen-bond acceptors (Lipinski definition) is 4. The lowest BCUT2D eigenvalue weighted by molar-refractivity contribution is -0.136. The van der Waals surface area contributed by atoms with Crippen molar-refractivity contribution in [3.05, 3.63) is 11.1 Å². The summed E-state index contributed by atoms with van der Waals surface area (Å²) in [5.41, 5.74) is 1.57. The molecule has 0 aromatic rings. The van der Waals surface area contributed by atoms with E-state index in [4.69, 9.17) is 4.74 Å². The minimum atomic E-state index is -0.478. The summed E-state index contributed by atoms with van der Waals surface area (Å²) in [5.74, 6) is 0.618. The molecule has 3 aliphatic rings. The molecular formula is C15H22O4. The summed E-state index contributed by atoms with van der Waals surface area (Å²) in [7, 11) is 0. The van der Waals surface area contributed by atoms with Crippen LogP contribution in [0, 0.1) is 23.2 Å². The maximum Gasteiger partial charge on any atom is 0.334 e. The fraction of sp³-hybridized carbons (Fsp3) is 0.800. The van der Waals surface area contributed by atoms with Crippen LogP contribution in [0.2, 0.25) is 0 Å². The Morgan fingerprint density at radius 1 is 1.42 bits per heavy atom. The first-order valence-corrected chi connectivity index (χ1v) is 7.13. The molecule has 0 aromatic carbocycles. The molecule has 3 rings (SSSR count). The molecule has 4 nitrogen and oxygen atoms in total. The largest absolute Gasteiger partial charge is 0.458 e. The van der Waals surface area contributed by atoms with Gasteiger partial charge in [-0.25, -0.2) is 4.79 Å². The molecular weight excluding hydrogens is 244 g/mol. The second-order valence-corrected chi connectivity index (χ2v) is 6.84. The van der Waals surface area contributed by atoms with E-state index in [9.17, 15) is 15.0 Å². The van der Waals surface area contributed by atoms with E-state index in [1.165, 1.54) is 0 Å². The minimum absolute atomic E-state index is 0.0230. The van der Waals surface area contributed by atoms with Gasteiger partial charge in [0.1, 0.15) is 6.61 Å². The van der Waals surface area contributed by atoms with Gasteiger partial charge in [-0.15, -0.1) is 0 Å². The van der Waals surface area contributed by atoms with Crippen LogP contribution in [0.4, 0.5) is 0 Å². The predicted octanol–water partition coefficient (Wildman–Crippen LogP) is 1.27. The van der Waals surface area contributed by atoms with Crippen molar-refractivity contribution in [1.29, 1.82) is 0 Å². The molecule has 1 saturated carbocycles. The summed E-state index contributed by atoms with van der Waals surface area (Å²) >= 11 is 0. The van der Waals surface area contributed by atoms with Gasteiger partial charge < -0.3 is 14.9 Å². The van der Waals surface area contributed by atoms with E-state index in [1.54, 1.807) is 0 Å². The van der Waals surface area contributed by atoms with E-state index >= 15 is 0 Å². The third-order valence-electron chi connectivity index (χ3n) is 5.46. The molecule has 0 spiro atoms. The number of ether oxygens (including phenoxy) is 1. The van der Waals surface area contributed by atoms with Crippen molar-refractivity contribution in [3.63, 3.8) is 0 Å². The molecule has 2 aliphatic carbocycles. The van der Waals surface area contributed by atoms with Crippen molar-refractivity contribution in [2.45, 2.75) is 39.2 Å². The Hall–Kier alpha value is -0.870. The number of fused-ring (bicyclic) bond motifs is 1. The van der Waals surface area contributed by atoms with E-state index in [-0.39, 0.29) is 24.4 Å². The summed E-state index contributed by atoms with van der Waals surface area (Å²) < 4.78 is 5.13. The Morgan fingerprint density at radius 2 is 2.16 bits per heavy atom. The van der Waals surface area contributed by atoms with Crippen LogP contribution in [-0.2, 0) is 9.53 Å². The third kappa shape index (κ3) is 1.84. The van der Waals surface area contributed by atoms with Crippen molar-refractivity contribution in [3.8, 4) is 0 Å². The lowest BCUT2D eigenvalue weighted by Crippen LogP contribution is -2.36. The fourth-order valence-electron chi connectivity index (χ4n) is 4.38. The molecule has 0 saturated heterocycles. The fourth-order valence-corrected chi connectivity index (χ4v) is 4.38. The number of cyclic esters (lactones) is 1. The maximum atomic E-state index is 11.7. The Morgan fingerprint density at radius 3 is 2.84 bits per heavy atom. The van der Waals surface area contributed by atoms with Crippen LogP contribution in [0.25, 0.3) is 0 Å². The van der Waals surface area contributed by atoms with Crippen molar-refractivity contribution >= 4 is 5.97 Å². The molecule has 1 heterocycles. The third-order valence-corrected chi connectivity index (χ3v) is 5.46. The van der Waals surface area contributed by atoms with Gasteiger partial charge in [-0.05, 0) is 42.6 Å². The smallest absolute Gasteiger partial charge is 0.334 e. The zero-order chi connectivity index (χ0) is 13.8. The molecule has 1 fully saturated rings. The monoisotopic (exact) mass is 266 g/mol. The lowest BCUT2D eigenvalue weighted by atomic mass is 9.79. The zero-order valence-electron chi connectivity index (χ0n) is 11.6. The lowest BCUT2D eigenvalue weighted by Gasteiger charge is -2.31. The normalized spacial score (nSPS) is 45.8. The number of aliphatic hydroxyl groups is 2. The van der Waals surface area contributed by atoms with Crippen LogP contribution in [-0.4, -0.2) is 35.5 Å². The van der Waals surface area contributed by atoms with Crippen molar-refractivity contribution in [1.82, 2.24) is 0 Å². The average molecular weight is 266 g/mol. The van der Waals surface area contributed by atoms with E-state index in [0.717, 1.165) is 24.0 Å². The molecule has 2 N–H and O–H groups in total. The molecule has 0 bridgehead atoms. The van der Waals surface area contributed by atoms with E-state index < -0.39 is 11.5 Å². The van der Waals surface area contributed by atoms with Gasteiger partial charge in [-0.1, -0.05) is 13.8 Å². The minimum Gasteiger partial charge on any atom is -0.458 e. The van der Waals surface area contributed by atoms with Crippen molar-refractivity contribution in [2.75, 3.05) is 13.2 Å². The SMILES string of the molecule is CC1CC2=C(COC2=O)CC2CC(C)(CO)C(O)C12. The van der Waals surface area contributed by atoms with Crippen LogP contribution < -0.4 is 0 Å². The first-order chi connectivity index (χ1) is 8.96. The molecule has 0 amide bonds. The van der Waals surface area contributed by atoms with Crippen LogP contribution in [0.15, 0.2) is 11.1 Å². The quantitative estimate of drug-likeness (QED) is 0.701. The molecule has 5 atom stereocenters. The van der Waals surface area contributed by atoms with Crippen LogP contribution in [0.3, 0.4) is 0 Å². The van der Waals surface area contributed by atoms with Gasteiger partial charge in [-0.2, -0.15) is 0 Å². The topological polar surface area (TPSA) is 66.8 Å². The van der Waals surface area contributed by atoms with Gasteiger partial charge in [0.2, 0.25) is 0 Å². The van der Waals surface area contributed by atoms with Crippen LogP contribution in [0.5, 0.6) is 0 Å². The summed E-state index contributed by atoms with van der Waals surface area (Å²) in [6.45, 7) is 4.52. The second kappa shape index (κ2) is 4.32. The average Bonchev–Trinajstić information content (AvgIpc) is 2.77. The molecule has 0 aromatic heterocycles. The van der Waals surface area contributed by atoms with Crippen molar-refractivity contribution < 1.29 is 19.7 Å². The highest BCUT2D eigenvalue weighted by atomic mass is 16.5. The van der Waals surface area contributed by atoms with E-state index in [1.807, 2.05) is 6.92 Å². The first kappa shape index (κ1) is 13.1. The molecule has 1 aliphatic heterocycles. The number of hydrogen-bond donors (Lipinski definition) is 2. The van der Waals surface area contributed by atoms with Gasteiger partial charge in [0.05, 0.1) is 12.7 Å². The number of aliphatic hydroxyl groups excluding tert-OH is 2. The highest BCUT2D eigenvalue weighted by Gasteiger charge is 2.53. The summed E-state index contributed by atoms with van der Waals surface area (Å²) in [4.78, 5) is 11.7. The van der Waals surface area contributed by atoms with Gasteiger partial charge in [-0.3, -0.25) is 0 Å².